The summed E-state index contributed by atoms with van der Waals surface area (Å²) in [6, 6.07) is 10.7. The van der Waals surface area contributed by atoms with Gasteiger partial charge in [-0.3, -0.25) is 0 Å². The van der Waals surface area contributed by atoms with Crippen molar-refractivity contribution in [1.82, 2.24) is 9.55 Å². The SMILES string of the molecule is COCCCNc1nccn1CCC(C)c1ccccc1. The largest absolute Gasteiger partial charge is 0.385 e. The van der Waals surface area contributed by atoms with Gasteiger partial charge in [0.1, 0.15) is 0 Å². The van der Waals surface area contributed by atoms with Gasteiger partial charge in [-0.25, -0.2) is 4.98 Å². The van der Waals surface area contributed by atoms with Crippen molar-refractivity contribution < 1.29 is 4.74 Å². The van der Waals surface area contributed by atoms with Crippen LogP contribution in [0, 0.1) is 0 Å². The summed E-state index contributed by atoms with van der Waals surface area (Å²) in [5, 5.41) is 3.36. The van der Waals surface area contributed by atoms with Crippen molar-refractivity contribution in [2.24, 2.45) is 0 Å². The zero-order chi connectivity index (χ0) is 14.9. The highest BCUT2D eigenvalue weighted by atomic mass is 16.5. The number of aromatic nitrogens is 2. The van der Waals surface area contributed by atoms with Crippen molar-refractivity contribution in [3.63, 3.8) is 0 Å². The van der Waals surface area contributed by atoms with Crippen LogP contribution in [0.25, 0.3) is 0 Å². The molecule has 0 fully saturated rings. The highest BCUT2D eigenvalue weighted by Crippen LogP contribution is 2.20. The maximum atomic E-state index is 5.05. The lowest BCUT2D eigenvalue weighted by atomic mass is 9.98. The third-order valence-electron chi connectivity index (χ3n) is 3.70. The van der Waals surface area contributed by atoms with Gasteiger partial charge in [0, 0.05) is 39.2 Å². The Hall–Kier alpha value is -1.81. The Balaban J connectivity index is 1.82. The highest BCUT2D eigenvalue weighted by Gasteiger charge is 2.07. The summed E-state index contributed by atoms with van der Waals surface area (Å²) >= 11 is 0. The third-order valence-corrected chi connectivity index (χ3v) is 3.70. The minimum atomic E-state index is 0.551. The van der Waals surface area contributed by atoms with E-state index in [4.69, 9.17) is 4.74 Å². The Morgan fingerprint density at radius 2 is 2.10 bits per heavy atom. The van der Waals surface area contributed by atoms with E-state index in [-0.39, 0.29) is 0 Å². The average molecular weight is 287 g/mol. The lowest BCUT2D eigenvalue weighted by molar-refractivity contribution is 0.197. The predicted octanol–water partition coefficient (Wildman–Crippen LogP) is 3.53. The number of nitrogens with one attached hydrogen (secondary N) is 1. The van der Waals surface area contributed by atoms with Crippen molar-refractivity contribution in [1.29, 1.82) is 0 Å². The molecule has 1 aromatic carbocycles. The summed E-state index contributed by atoms with van der Waals surface area (Å²) in [7, 11) is 1.73. The number of methoxy groups -OCH3 is 1. The summed E-state index contributed by atoms with van der Waals surface area (Å²) < 4.78 is 7.24. The summed E-state index contributed by atoms with van der Waals surface area (Å²) in [5.41, 5.74) is 1.40. The molecule has 1 aromatic heterocycles. The fourth-order valence-corrected chi connectivity index (χ4v) is 2.35. The first-order valence-electron chi connectivity index (χ1n) is 7.60. The minimum absolute atomic E-state index is 0.551. The molecule has 0 aliphatic heterocycles. The van der Waals surface area contributed by atoms with Gasteiger partial charge >= 0.3 is 0 Å². The van der Waals surface area contributed by atoms with Gasteiger partial charge in [0.2, 0.25) is 5.95 Å². The molecule has 2 aromatic rings. The van der Waals surface area contributed by atoms with Crippen LogP contribution in [0.15, 0.2) is 42.7 Å². The molecular weight excluding hydrogens is 262 g/mol. The number of hydrogen-bond donors (Lipinski definition) is 1. The van der Waals surface area contributed by atoms with Crippen molar-refractivity contribution in [3.8, 4) is 0 Å². The molecule has 2 rings (SSSR count). The van der Waals surface area contributed by atoms with Crippen LogP contribution in [0.1, 0.15) is 31.2 Å². The van der Waals surface area contributed by atoms with E-state index in [0.29, 0.717) is 5.92 Å². The second-order valence-corrected chi connectivity index (χ2v) is 5.32. The van der Waals surface area contributed by atoms with Crippen LogP contribution < -0.4 is 5.32 Å². The van der Waals surface area contributed by atoms with Crippen LogP contribution in [-0.2, 0) is 11.3 Å². The minimum Gasteiger partial charge on any atom is -0.385 e. The van der Waals surface area contributed by atoms with E-state index < -0.39 is 0 Å². The molecule has 1 N–H and O–H groups in total. The Labute approximate surface area is 127 Å². The standard InChI is InChI=1S/C17H25N3O/c1-15(16-7-4-3-5-8-16)9-12-20-13-11-19-17(20)18-10-6-14-21-2/h3-5,7-8,11,13,15H,6,9-10,12,14H2,1-2H3,(H,18,19). The zero-order valence-electron chi connectivity index (χ0n) is 13.0. The Morgan fingerprint density at radius 3 is 2.86 bits per heavy atom. The van der Waals surface area contributed by atoms with Crippen molar-refractivity contribution in [2.45, 2.75) is 32.2 Å². The molecule has 21 heavy (non-hydrogen) atoms. The number of imidazole rings is 1. The van der Waals surface area contributed by atoms with Gasteiger partial charge in [-0.1, -0.05) is 37.3 Å². The predicted molar refractivity (Wildman–Crippen MR) is 86.7 cm³/mol. The summed E-state index contributed by atoms with van der Waals surface area (Å²) in [6.45, 7) is 4.92. The van der Waals surface area contributed by atoms with Crippen LogP contribution in [0.3, 0.4) is 0 Å². The molecule has 0 bridgehead atoms. The van der Waals surface area contributed by atoms with Gasteiger partial charge in [-0.15, -0.1) is 0 Å². The monoisotopic (exact) mass is 287 g/mol. The smallest absolute Gasteiger partial charge is 0.202 e. The fourth-order valence-electron chi connectivity index (χ4n) is 2.35. The van der Waals surface area contributed by atoms with Crippen LogP contribution in [0.2, 0.25) is 0 Å². The zero-order valence-corrected chi connectivity index (χ0v) is 13.0. The van der Waals surface area contributed by atoms with Gasteiger partial charge in [-0.05, 0) is 24.3 Å². The van der Waals surface area contributed by atoms with E-state index in [0.717, 1.165) is 38.5 Å². The number of aryl methyl sites for hydroxylation is 1. The molecule has 4 heteroatoms. The van der Waals surface area contributed by atoms with E-state index in [2.05, 4.69) is 52.1 Å². The maximum absolute atomic E-state index is 5.05. The average Bonchev–Trinajstić information content (AvgIpc) is 2.97. The van der Waals surface area contributed by atoms with E-state index in [1.165, 1.54) is 5.56 Å². The van der Waals surface area contributed by atoms with Crippen molar-refractivity contribution in [3.05, 3.63) is 48.3 Å². The van der Waals surface area contributed by atoms with Crippen LogP contribution in [-0.4, -0.2) is 29.8 Å². The van der Waals surface area contributed by atoms with Gasteiger partial charge in [0.15, 0.2) is 0 Å². The number of nitrogens with zero attached hydrogens (tertiary/aromatic N) is 2. The number of ether oxygens (including phenoxy) is 1. The Kier molecular flexibility index (Phi) is 6.28. The molecule has 0 amide bonds. The molecule has 1 unspecified atom stereocenters. The van der Waals surface area contributed by atoms with E-state index in [9.17, 15) is 0 Å². The first-order chi connectivity index (χ1) is 10.3. The molecule has 1 heterocycles. The lowest BCUT2D eigenvalue weighted by Crippen LogP contribution is -2.11. The lowest BCUT2D eigenvalue weighted by Gasteiger charge is -2.14. The number of anilines is 1. The first-order valence-corrected chi connectivity index (χ1v) is 7.60. The fraction of sp³-hybridized carbons (Fsp3) is 0.471. The number of benzene rings is 1. The van der Waals surface area contributed by atoms with Gasteiger partial charge in [0.25, 0.3) is 0 Å². The number of hydrogen-bond acceptors (Lipinski definition) is 3. The van der Waals surface area contributed by atoms with E-state index in [1.807, 2.05) is 12.4 Å². The van der Waals surface area contributed by atoms with E-state index in [1.54, 1.807) is 7.11 Å². The summed E-state index contributed by atoms with van der Waals surface area (Å²) in [4.78, 5) is 4.38. The second-order valence-electron chi connectivity index (χ2n) is 5.32. The molecule has 1 atom stereocenters. The quantitative estimate of drug-likeness (QED) is 0.717. The van der Waals surface area contributed by atoms with E-state index >= 15 is 0 Å². The molecular formula is C17H25N3O. The molecule has 0 saturated carbocycles. The molecule has 0 saturated heterocycles. The van der Waals surface area contributed by atoms with Crippen molar-refractivity contribution in [2.75, 3.05) is 25.6 Å². The van der Waals surface area contributed by atoms with Crippen LogP contribution in [0.5, 0.6) is 0 Å². The van der Waals surface area contributed by atoms with Crippen LogP contribution in [0.4, 0.5) is 5.95 Å². The molecule has 0 spiro atoms. The molecule has 114 valence electrons. The summed E-state index contributed by atoms with van der Waals surface area (Å²) in [6.07, 6.45) is 5.99. The van der Waals surface area contributed by atoms with Gasteiger partial charge < -0.3 is 14.6 Å². The highest BCUT2D eigenvalue weighted by molar-refractivity contribution is 5.25. The topological polar surface area (TPSA) is 39.1 Å². The molecule has 0 aliphatic rings. The molecule has 0 radical (unpaired) electrons. The van der Waals surface area contributed by atoms with Crippen molar-refractivity contribution >= 4 is 5.95 Å². The molecule has 0 aliphatic carbocycles. The van der Waals surface area contributed by atoms with Gasteiger partial charge in [0.05, 0.1) is 0 Å². The Morgan fingerprint density at radius 1 is 1.29 bits per heavy atom. The molecule has 4 nitrogen and oxygen atoms in total. The first kappa shape index (κ1) is 15.6. The Bertz CT molecular complexity index is 510. The van der Waals surface area contributed by atoms with Crippen LogP contribution >= 0.6 is 0 Å². The second kappa shape index (κ2) is 8.47. The maximum Gasteiger partial charge on any atom is 0.202 e. The normalized spacial score (nSPS) is 12.3. The third kappa shape index (κ3) is 4.90. The number of rotatable bonds is 9. The summed E-state index contributed by atoms with van der Waals surface area (Å²) in [5.74, 6) is 1.50. The van der Waals surface area contributed by atoms with Gasteiger partial charge in [-0.2, -0.15) is 0 Å².